The molecule has 0 saturated carbocycles. The van der Waals surface area contributed by atoms with Crippen molar-refractivity contribution in [2.75, 3.05) is 0 Å². The Morgan fingerprint density at radius 2 is 1.57 bits per heavy atom. The Morgan fingerprint density at radius 1 is 0.952 bits per heavy atom. The molecule has 2 aromatic carbocycles. The highest BCUT2D eigenvalue weighted by Gasteiger charge is 2.37. The molecule has 0 fully saturated rings. The SMILES string of the molecule is CCC(CC)(C(=O)c1ccc(Cl)c(Cl)c1)c1ccccc1. The first-order valence-electron chi connectivity index (χ1n) is 7.10. The number of hydrogen-bond acceptors (Lipinski definition) is 1. The molecule has 0 bridgehead atoms. The maximum atomic E-state index is 13.1. The molecule has 0 unspecified atom stereocenters. The molecule has 0 amide bonds. The molecule has 0 saturated heterocycles. The Bertz CT molecular complexity index is 631. The molecule has 0 N–H and O–H groups in total. The van der Waals surface area contributed by atoms with Gasteiger partial charge in [0.05, 0.1) is 15.5 Å². The number of carbonyl (C=O) groups is 1. The van der Waals surface area contributed by atoms with E-state index in [0.29, 0.717) is 15.6 Å². The third kappa shape index (κ3) is 3.00. The maximum absolute atomic E-state index is 13.1. The quantitative estimate of drug-likeness (QED) is 0.623. The third-order valence-electron chi connectivity index (χ3n) is 4.15. The van der Waals surface area contributed by atoms with Gasteiger partial charge in [0.25, 0.3) is 0 Å². The zero-order valence-corrected chi connectivity index (χ0v) is 13.7. The van der Waals surface area contributed by atoms with Gasteiger partial charge in [0.15, 0.2) is 5.78 Å². The number of ketones is 1. The fraction of sp³-hybridized carbons (Fsp3) is 0.278. The van der Waals surface area contributed by atoms with Crippen LogP contribution in [0.15, 0.2) is 48.5 Å². The minimum Gasteiger partial charge on any atom is -0.293 e. The Balaban J connectivity index is 2.52. The molecule has 0 aliphatic carbocycles. The number of carbonyl (C=O) groups excluding carboxylic acids is 1. The highest BCUT2D eigenvalue weighted by molar-refractivity contribution is 6.42. The highest BCUT2D eigenvalue weighted by Crippen LogP contribution is 2.36. The topological polar surface area (TPSA) is 17.1 Å². The van der Waals surface area contributed by atoms with Crippen molar-refractivity contribution in [3.63, 3.8) is 0 Å². The van der Waals surface area contributed by atoms with E-state index in [9.17, 15) is 4.79 Å². The lowest BCUT2D eigenvalue weighted by atomic mass is 9.70. The van der Waals surface area contributed by atoms with Crippen molar-refractivity contribution in [3.05, 3.63) is 69.7 Å². The summed E-state index contributed by atoms with van der Waals surface area (Å²) in [6, 6.07) is 15.0. The van der Waals surface area contributed by atoms with Crippen molar-refractivity contribution in [1.29, 1.82) is 0 Å². The first-order chi connectivity index (χ1) is 10.0. The molecule has 21 heavy (non-hydrogen) atoms. The predicted octanol–water partition coefficient (Wildman–Crippen LogP) is 5.93. The summed E-state index contributed by atoms with van der Waals surface area (Å²) in [5, 5.41) is 0.878. The summed E-state index contributed by atoms with van der Waals surface area (Å²) >= 11 is 12.0. The normalized spacial score (nSPS) is 11.4. The van der Waals surface area contributed by atoms with Crippen molar-refractivity contribution in [2.24, 2.45) is 0 Å². The van der Waals surface area contributed by atoms with Crippen LogP contribution in [0.2, 0.25) is 10.0 Å². The zero-order valence-electron chi connectivity index (χ0n) is 12.2. The van der Waals surface area contributed by atoms with Crippen LogP contribution in [-0.2, 0) is 5.41 Å². The van der Waals surface area contributed by atoms with Crippen molar-refractivity contribution in [2.45, 2.75) is 32.1 Å². The minimum atomic E-state index is -0.515. The molecule has 0 atom stereocenters. The summed E-state index contributed by atoms with van der Waals surface area (Å²) in [7, 11) is 0. The second kappa shape index (κ2) is 6.64. The van der Waals surface area contributed by atoms with E-state index in [0.717, 1.165) is 18.4 Å². The van der Waals surface area contributed by atoms with Gasteiger partial charge in [0.1, 0.15) is 0 Å². The molecule has 0 aliphatic heterocycles. The van der Waals surface area contributed by atoms with Crippen LogP contribution in [0, 0.1) is 0 Å². The molecule has 110 valence electrons. The zero-order chi connectivity index (χ0) is 15.5. The largest absolute Gasteiger partial charge is 0.293 e. The molecular weight excluding hydrogens is 303 g/mol. The van der Waals surface area contributed by atoms with Crippen LogP contribution >= 0.6 is 23.2 Å². The molecule has 0 aromatic heterocycles. The molecule has 1 nitrogen and oxygen atoms in total. The van der Waals surface area contributed by atoms with Gasteiger partial charge in [-0.2, -0.15) is 0 Å². The molecule has 2 rings (SSSR count). The van der Waals surface area contributed by atoms with E-state index in [2.05, 4.69) is 0 Å². The molecule has 0 radical (unpaired) electrons. The summed E-state index contributed by atoms with van der Waals surface area (Å²) in [5.74, 6) is 0.0947. The predicted molar refractivity (Wildman–Crippen MR) is 89.5 cm³/mol. The second-order valence-corrected chi connectivity index (χ2v) is 5.93. The van der Waals surface area contributed by atoms with E-state index < -0.39 is 5.41 Å². The number of Topliss-reactive ketones (excluding diaryl/α,β-unsaturated/α-hetero) is 1. The fourth-order valence-corrected chi connectivity index (χ4v) is 3.08. The fourth-order valence-electron chi connectivity index (χ4n) is 2.78. The first-order valence-corrected chi connectivity index (χ1v) is 7.86. The minimum absolute atomic E-state index is 0.0947. The second-order valence-electron chi connectivity index (χ2n) is 5.11. The average molecular weight is 321 g/mol. The number of halogens is 2. The van der Waals surface area contributed by atoms with Crippen LogP contribution in [0.25, 0.3) is 0 Å². The van der Waals surface area contributed by atoms with Gasteiger partial charge in [-0.05, 0) is 36.6 Å². The van der Waals surface area contributed by atoms with Gasteiger partial charge >= 0.3 is 0 Å². The molecule has 3 heteroatoms. The summed E-state index contributed by atoms with van der Waals surface area (Å²) in [4.78, 5) is 13.1. The van der Waals surface area contributed by atoms with Crippen LogP contribution in [0.5, 0.6) is 0 Å². The van der Waals surface area contributed by atoms with Crippen molar-refractivity contribution in [3.8, 4) is 0 Å². The summed E-state index contributed by atoms with van der Waals surface area (Å²) < 4.78 is 0. The van der Waals surface area contributed by atoms with Crippen molar-refractivity contribution < 1.29 is 4.79 Å². The van der Waals surface area contributed by atoms with Crippen LogP contribution in [0.1, 0.15) is 42.6 Å². The number of rotatable bonds is 5. The van der Waals surface area contributed by atoms with Crippen molar-refractivity contribution in [1.82, 2.24) is 0 Å². The van der Waals surface area contributed by atoms with Gasteiger partial charge in [-0.25, -0.2) is 0 Å². The van der Waals surface area contributed by atoms with Gasteiger partial charge in [0, 0.05) is 5.56 Å². The van der Waals surface area contributed by atoms with E-state index in [1.165, 1.54) is 0 Å². The standard InChI is InChI=1S/C18H18Cl2O/c1-3-18(4-2,14-8-6-5-7-9-14)17(21)13-10-11-15(19)16(20)12-13/h5-12H,3-4H2,1-2H3. The van der Waals surface area contributed by atoms with E-state index in [4.69, 9.17) is 23.2 Å². The first kappa shape index (κ1) is 16.1. The van der Waals surface area contributed by atoms with Gasteiger partial charge in [-0.1, -0.05) is 67.4 Å². The smallest absolute Gasteiger partial charge is 0.173 e. The van der Waals surface area contributed by atoms with Crippen LogP contribution in [-0.4, -0.2) is 5.78 Å². The number of benzene rings is 2. The van der Waals surface area contributed by atoms with E-state index in [1.807, 2.05) is 44.2 Å². The van der Waals surface area contributed by atoms with E-state index >= 15 is 0 Å². The lowest BCUT2D eigenvalue weighted by Gasteiger charge is -2.31. The molecule has 0 aliphatic rings. The molecule has 2 aromatic rings. The lowest BCUT2D eigenvalue weighted by molar-refractivity contribution is 0.0873. The Kier molecular flexibility index (Phi) is 5.08. The van der Waals surface area contributed by atoms with Crippen LogP contribution in [0.3, 0.4) is 0 Å². The maximum Gasteiger partial charge on any atom is 0.173 e. The van der Waals surface area contributed by atoms with E-state index in [1.54, 1.807) is 18.2 Å². The van der Waals surface area contributed by atoms with Crippen molar-refractivity contribution >= 4 is 29.0 Å². The Morgan fingerprint density at radius 3 is 2.10 bits per heavy atom. The molecular formula is C18H18Cl2O. The summed E-state index contributed by atoms with van der Waals surface area (Å²) in [6.45, 7) is 4.10. The number of hydrogen-bond donors (Lipinski definition) is 0. The van der Waals surface area contributed by atoms with Crippen LogP contribution in [0.4, 0.5) is 0 Å². The van der Waals surface area contributed by atoms with Crippen LogP contribution < -0.4 is 0 Å². The lowest BCUT2D eigenvalue weighted by Crippen LogP contribution is -2.34. The average Bonchev–Trinajstić information content (AvgIpc) is 2.52. The van der Waals surface area contributed by atoms with Gasteiger partial charge in [-0.15, -0.1) is 0 Å². The van der Waals surface area contributed by atoms with Gasteiger partial charge < -0.3 is 0 Å². The van der Waals surface area contributed by atoms with Gasteiger partial charge in [0.2, 0.25) is 0 Å². The summed E-state index contributed by atoms with van der Waals surface area (Å²) in [6.07, 6.45) is 1.49. The summed E-state index contributed by atoms with van der Waals surface area (Å²) in [5.41, 5.74) is 1.14. The Hall–Kier alpha value is -1.31. The Labute approximate surface area is 135 Å². The molecule has 0 spiro atoms. The molecule has 0 heterocycles. The monoisotopic (exact) mass is 320 g/mol. The van der Waals surface area contributed by atoms with Gasteiger partial charge in [-0.3, -0.25) is 4.79 Å². The van der Waals surface area contributed by atoms with E-state index in [-0.39, 0.29) is 5.78 Å². The highest BCUT2D eigenvalue weighted by atomic mass is 35.5. The third-order valence-corrected chi connectivity index (χ3v) is 4.89.